The van der Waals surface area contributed by atoms with Crippen LogP contribution >= 0.6 is 0 Å². The standard InChI is InChI=1S/C20H23NO3S/c22-25(23)11-8-21(9-12-25)14-16-1-3-17(4-2-16)18-5-6-20-15-24-10-7-19(20)13-18/h1-6,13H,7-12,14-15H2. The first-order valence-corrected chi connectivity index (χ1v) is 10.6. The van der Waals surface area contributed by atoms with Crippen LogP contribution < -0.4 is 0 Å². The van der Waals surface area contributed by atoms with Gasteiger partial charge in [0.2, 0.25) is 0 Å². The van der Waals surface area contributed by atoms with Crippen LogP contribution in [0.3, 0.4) is 0 Å². The maximum atomic E-state index is 11.5. The molecule has 1 fully saturated rings. The Kier molecular flexibility index (Phi) is 4.63. The summed E-state index contributed by atoms with van der Waals surface area (Å²) in [5.74, 6) is 0.563. The van der Waals surface area contributed by atoms with Crippen molar-refractivity contribution >= 4 is 9.84 Å². The summed E-state index contributed by atoms with van der Waals surface area (Å²) in [5.41, 5.74) is 6.39. The highest BCUT2D eigenvalue weighted by Crippen LogP contribution is 2.26. The Morgan fingerprint density at radius 2 is 1.64 bits per heavy atom. The number of fused-ring (bicyclic) bond motifs is 1. The molecule has 2 aliphatic heterocycles. The molecular weight excluding hydrogens is 334 g/mol. The van der Waals surface area contributed by atoms with Gasteiger partial charge < -0.3 is 4.74 Å². The van der Waals surface area contributed by atoms with E-state index in [0.717, 1.165) is 26.2 Å². The van der Waals surface area contributed by atoms with Crippen molar-refractivity contribution in [1.29, 1.82) is 0 Å². The zero-order chi connectivity index (χ0) is 17.3. The lowest BCUT2D eigenvalue weighted by atomic mass is 9.96. The lowest BCUT2D eigenvalue weighted by Gasteiger charge is -2.26. The highest BCUT2D eigenvalue weighted by atomic mass is 32.2. The maximum Gasteiger partial charge on any atom is 0.152 e. The Morgan fingerprint density at radius 1 is 0.920 bits per heavy atom. The topological polar surface area (TPSA) is 46.6 Å². The summed E-state index contributed by atoms with van der Waals surface area (Å²) < 4.78 is 28.5. The van der Waals surface area contributed by atoms with Crippen LogP contribution in [0.5, 0.6) is 0 Å². The van der Waals surface area contributed by atoms with Crippen molar-refractivity contribution in [2.24, 2.45) is 0 Å². The van der Waals surface area contributed by atoms with Crippen molar-refractivity contribution in [3.8, 4) is 11.1 Å². The number of benzene rings is 2. The second kappa shape index (κ2) is 6.90. The molecule has 0 spiro atoms. The number of sulfone groups is 1. The van der Waals surface area contributed by atoms with Crippen molar-refractivity contribution in [3.05, 3.63) is 59.2 Å². The molecule has 0 aliphatic carbocycles. The number of ether oxygens (including phenoxy) is 1. The number of rotatable bonds is 3. The van der Waals surface area contributed by atoms with Crippen LogP contribution in [0.4, 0.5) is 0 Å². The molecule has 25 heavy (non-hydrogen) atoms. The molecule has 5 heteroatoms. The van der Waals surface area contributed by atoms with Crippen molar-refractivity contribution in [2.75, 3.05) is 31.2 Å². The van der Waals surface area contributed by atoms with Gasteiger partial charge in [0.15, 0.2) is 9.84 Å². The van der Waals surface area contributed by atoms with Crippen molar-refractivity contribution in [2.45, 2.75) is 19.6 Å². The summed E-state index contributed by atoms with van der Waals surface area (Å²) in [4.78, 5) is 2.22. The molecule has 0 aromatic heterocycles. The van der Waals surface area contributed by atoms with Gasteiger partial charge in [-0.1, -0.05) is 42.5 Å². The van der Waals surface area contributed by atoms with Crippen LogP contribution in [0.25, 0.3) is 11.1 Å². The zero-order valence-electron chi connectivity index (χ0n) is 14.3. The average Bonchev–Trinajstić information content (AvgIpc) is 2.64. The van der Waals surface area contributed by atoms with Gasteiger partial charge in [0, 0.05) is 19.6 Å². The summed E-state index contributed by atoms with van der Waals surface area (Å²) in [6.07, 6.45) is 0.985. The SMILES string of the molecule is O=S1(=O)CCN(Cc2ccc(-c3ccc4c(c3)CCOC4)cc2)CC1. The smallest absolute Gasteiger partial charge is 0.152 e. The van der Waals surface area contributed by atoms with Gasteiger partial charge in [-0.05, 0) is 34.2 Å². The molecule has 0 unspecified atom stereocenters. The van der Waals surface area contributed by atoms with E-state index in [9.17, 15) is 8.42 Å². The molecule has 4 rings (SSSR count). The van der Waals surface area contributed by atoms with E-state index in [2.05, 4.69) is 47.4 Å². The van der Waals surface area contributed by atoms with Crippen LogP contribution in [-0.2, 0) is 34.1 Å². The molecule has 0 bridgehead atoms. The van der Waals surface area contributed by atoms with Gasteiger partial charge in [0.25, 0.3) is 0 Å². The molecule has 2 aromatic carbocycles. The molecule has 0 amide bonds. The molecule has 2 aromatic rings. The van der Waals surface area contributed by atoms with E-state index < -0.39 is 9.84 Å². The number of hydrogen-bond donors (Lipinski definition) is 0. The van der Waals surface area contributed by atoms with E-state index in [-0.39, 0.29) is 11.5 Å². The normalized spacial score (nSPS) is 20.2. The van der Waals surface area contributed by atoms with Crippen LogP contribution in [-0.4, -0.2) is 44.5 Å². The maximum absolute atomic E-state index is 11.5. The van der Waals surface area contributed by atoms with E-state index in [1.807, 2.05) is 0 Å². The third-order valence-electron chi connectivity index (χ3n) is 5.11. The van der Waals surface area contributed by atoms with Crippen LogP contribution in [0.1, 0.15) is 16.7 Å². The van der Waals surface area contributed by atoms with Crippen LogP contribution in [0.15, 0.2) is 42.5 Å². The highest BCUT2D eigenvalue weighted by Gasteiger charge is 2.21. The van der Waals surface area contributed by atoms with Crippen molar-refractivity contribution in [1.82, 2.24) is 4.90 Å². The molecule has 132 valence electrons. The van der Waals surface area contributed by atoms with Gasteiger partial charge >= 0.3 is 0 Å². The van der Waals surface area contributed by atoms with Gasteiger partial charge in [-0.3, -0.25) is 4.90 Å². The lowest BCUT2D eigenvalue weighted by Crippen LogP contribution is -2.39. The predicted molar refractivity (Wildman–Crippen MR) is 99.2 cm³/mol. The number of hydrogen-bond acceptors (Lipinski definition) is 4. The highest BCUT2D eigenvalue weighted by molar-refractivity contribution is 7.91. The van der Waals surface area contributed by atoms with Gasteiger partial charge in [-0.2, -0.15) is 0 Å². The molecular formula is C20H23NO3S. The molecule has 2 heterocycles. The lowest BCUT2D eigenvalue weighted by molar-refractivity contribution is 0.111. The molecule has 0 N–H and O–H groups in total. The van der Waals surface area contributed by atoms with E-state index in [1.165, 1.54) is 27.8 Å². The van der Waals surface area contributed by atoms with Crippen LogP contribution in [0.2, 0.25) is 0 Å². The minimum Gasteiger partial charge on any atom is -0.376 e. The van der Waals surface area contributed by atoms with Crippen molar-refractivity contribution < 1.29 is 13.2 Å². The average molecular weight is 357 g/mol. The molecule has 0 atom stereocenters. The van der Waals surface area contributed by atoms with E-state index in [4.69, 9.17) is 4.74 Å². The predicted octanol–water partition coefficient (Wildman–Crippen LogP) is 2.66. The van der Waals surface area contributed by atoms with E-state index in [1.54, 1.807) is 0 Å². The minimum absolute atomic E-state index is 0.282. The fourth-order valence-electron chi connectivity index (χ4n) is 3.51. The first-order chi connectivity index (χ1) is 12.1. The van der Waals surface area contributed by atoms with Gasteiger partial charge in [0.05, 0.1) is 24.7 Å². The quantitative estimate of drug-likeness (QED) is 0.847. The fraction of sp³-hybridized carbons (Fsp3) is 0.400. The van der Waals surface area contributed by atoms with Gasteiger partial charge in [0.1, 0.15) is 0 Å². The van der Waals surface area contributed by atoms with E-state index >= 15 is 0 Å². The Balaban J connectivity index is 1.45. The third kappa shape index (κ3) is 3.94. The Hall–Kier alpha value is -1.69. The third-order valence-corrected chi connectivity index (χ3v) is 6.72. The summed E-state index contributed by atoms with van der Waals surface area (Å²) in [6.45, 7) is 3.62. The summed E-state index contributed by atoms with van der Waals surface area (Å²) in [7, 11) is -2.81. The fourth-order valence-corrected chi connectivity index (χ4v) is 4.79. The molecule has 2 aliphatic rings. The van der Waals surface area contributed by atoms with Gasteiger partial charge in [-0.15, -0.1) is 0 Å². The zero-order valence-corrected chi connectivity index (χ0v) is 15.1. The first-order valence-electron chi connectivity index (χ1n) is 8.81. The van der Waals surface area contributed by atoms with Crippen molar-refractivity contribution in [3.63, 3.8) is 0 Å². The monoisotopic (exact) mass is 357 g/mol. The molecule has 0 radical (unpaired) electrons. The number of nitrogens with zero attached hydrogens (tertiary/aromatic N) is 1. The first kappa shape index (κ1) is 16.8. The minimum atomic E-state index is -2.81. The van der Waals surface area contributed by atoms with E-state index in [0.29, 0.717) is 13.1 Å². The Labute approximate surface area is 149 Å². The summed E-state index contributed by atoms with van der Waals surface area (Å²) >= 11 is 0. The Bertz CT molecular complexity index is 845. The van der Waals surface area contributed by atoms with Gasteiger partial charge in [-0.25, -0.2) is 8.42 Å². The molecule has 1 saturated heterocycles. The Morgan fingerprint density at radius 3 is 2.40 bits per heavy atom. The second-order valence-corrected chi connectivity index (χ2v) is 9.21. The molecule has 4 nitrogen and oxygen atoms in total. The second-order valence-electron chi connectivity index (χ2n) is 6.91. The molecule has 0 saturated carbocycles. The largest absolute Gasteiger partial charge is 0.376 e. The summed E-state index contributed by atoms with van der Waals surface area (Å²) in [5, 5.41) is 0. The summed E-state index contributed by atoms with van der Waals surface area (Å²) in [6, 6.07) is 15.3. The van der Waals surface area contributed by atoms with Crippen LogP contribution in [0, 0.1) is 0 Å².